The van der Waals surface area contributed by atoms with E-state index in [0.29, 0.717) is 13.0 Å². The largest absolute Gasteiger partial charge is 0.465 e. The van der Waals surface area contributed by atoms with Gasteiger partial charge in [-0.25, -0.2) is 4.79 Å². The Bertz CT molecular complexity index is 137. The van der Waals surface area contributed by atoms with E-state index >= 15 is 0 Å². The molecule has 1 heterocycles. The highest BCUT2D eigenvalue weighted by Crippen LogP contribution is 1.99. The van der Waals surface area contributed by atoms with Crippen LogP contribution in [0.5, 0.6) is 0 Å². The maximum atomic E-state index is 10.8. The van der Waals surface area contributed by atoms with Gasteiger partial charge in [0.2, 0.25) is 0 Å². The van der Waals surface area contributed by atoms with E-state index in [1.165, 1.54) is 7.11 Å². The molecule has 1 fully saturated rings. The van der Waals surface area contributed by atoms with Gasteiger partial charge in [0.1, 0.15) is 12.6 Å². The third kappa shape index (κ3) is 1.46. The van der Waals surface area contributed by atoms with Gasteiger partial charge < -0.3 is 15.2 Å². The van der Waals surface area contributed by atoms with E-state index in [4.69, 9.17) is 5.11 Å². The molecule has 1 rings (SSSR count). The van der Waals surface area contributed by atoms with E-state index < -0.39 is 0 Å². The molecule has 0 unspecified atom stereocenters. The monoisotopic (exact) mass is 146 g/mol. The maximum Gasteiger partial charge on any atom is 0.364 e. The number of hydrogen-bond donors (Lipinski definition) is 2. The number of carbonyl (C=O) groups excluding carboxylic acids is 1. The molecule has 4 heteroatoms. The van der Waals surface area contributed by atoms with E-state index in [1.807, 2.05) is 0 Å². The number of nitrogens with two attached hydrogens (primary N) is 1. The first-order valence-corrected chi connectivity index (χ1v) is 3.33. The fourth-order valence-electron chi connectivity index (χ4n) is 1.15. The zero-order valence-electron chi connectivity index (χ0n) is 5.91. The third-order valence-corrected chi connectivity index (χ3v) is 1.72. The second-order valence-corrected chi connectivity index (χ2v) is 2.49. The Kier molecular flexibility index (Phi) is 2.24. The van der Waals surface area contributed by atoms with Gasteiger partial charge in [-0.15, -0.1) is 0 Å². The normalized spacial score (nSPS) is 32.2. The predicted molar refractivity (Wildman–Crippen MR) is 33.2 cm³/mol. The summed E-state index contributed by atoms with van der Waals surface area (Å²) in [5.74, 6) is -0.239. The predicted octanol–water partition coefficient (Wildman–Crippen LogP) is -2.14. The minimum Gasteiger partial charge on any atom is -0.465 e. The zero-order valence-corrected chi connectivity index (χ0v) is 5.91. The molecule has 0 amide bonds. The number of quaternary nitrogens is 1. The third-order valence-electron chi connectivity index (χ3n) is 1.72. The van der Waals surface area contributed by atoms with Crippen molar-refractivity contribution < 1.29 is 20.0 Å². The molecule has 0 bridgehead atoms. The van der Waals surface area contributed by atoms with Crippen molar-refractivity contribution in [1.82, 2.24) is 0 Å². The molecule has 2 atom stereocenters. The van der Waals surface area contributed by atoms with Gasteiger partial charge in [0.05, 0.1) is 7.11 Å². The standard InChI is InChI=1S/C6H11NO3/c1-10-6(9)5-2-4(8)3-7-5/h4-5,7-8H,2-3H2,1H3/p+1/t4-,5-/m0/s1. The lowest BCUT2D eigenvalue weighted by atomic mass is 10.2. The van der Waals surface area contributed by atoms with Crippen LogP contribution in [0, 0.1) is 0 Å². The number of aliphatic hydroxyl groups excluding tert-OH is 1. The van der Waals surface area contributed by atoms with Crippen molar-refractivity contribution in [3.63, 3.8) is 0 Å². The summed E-state index contributed by atoms with van der Waals surface area (Å²) in [5, 5.41) is 10.8. The van der Waals surface area contributed by atoms with Crippen molar-refractivity contribution in [1.29, 1.82) is 0 Å². The molecule has 0 aromatic rings. The number of ether oxygens (including phenoxy) is 1. The Morgan fingerprint density at radius 3 is 2.90 bits per heavy atom. The SMILES string of the molecule is COC(=O)[C@@H]1C[C@H](O)C[NH2+]1. The lowest BCUT2D eigenvalue weighted by Gasteiger charge is -2.01. The highest BCUT2D eigenvalue weighted by molar-refractivity contribution is 5.74. The van der Waals surface area contributed by atoms with Crippen LogP contribution in [0.3, 0.4) is 0 Å². The topological polar surface area (TPSA) is 63.1 Å². The van der Waals surface area contributed by atoms with Gasteiger partial charge in [-0.1, -0.05) is 0 Å². The first-order valence-electron chi connectivity index (χ1n) is 3.33. The maximum absolute atomic E-state index is 10.8. The highest BCUT2D eigenvalue weighted by Gasteiger charge is 2.32. The summed E-state index contributed by atoms with van der Waals surface area (Å²) in [5.41, 5.74) is 0. The van der Waals surface area contributed by atoms with Crippen LogP contribution in [0.1, 0.15) is 6.42 Å². The van der Waals surface area contributed by atoms with Gasteiger partial charge in [0, 0.05) is 6.42 Å². The van der Waals surface area contributed by atoms with Crippen LogP contribution >= 0.6 is 0 Å². The summed E-state index contributed by atoms with van der Waals surface area (Å²) >= 11 is 0. The van der Waals surface area contributed by atoms with Gasteiger partial charge in [-0.05, 0) is 0 Å². The van der Waals surface area contributed by atoms with Crippen molar-refractivity contribution in [2.75, 3.05) is 13.7 Å². The van der Waals surface area contributed by atoms with E-state index in [1.54, 1.807) is 5.32 Å². The van der Waals surface area contributed by atoms with Gasteiger partial charge in [-0.2, -0.15) is 0 Å². The van der Waals surface area contributed by atoms with Crippen molar-refractivity contribution in [3.05, 3.63) is 0 Å². The molecule has 58 valence electrons. The summed E-state index contributed by atoms with van der Waals surface area (Å²) in [4.78, 5) is 10.8. The fraction of sp³-hybridized carbons (Fsp3) is 0.833. The van der Waals surface area contributed by atoms with E-state index in [-0.39, 0.29) is 18.1 Å². The van der Waals surface area contributed by atoms with Gasteiger partial charge in [0.15, 0.2) is 6.04 Å². The number of carbonyl (C=O) groups is 1. The summed E-state index contributed by atoms with van der Waals surface area (Å²) < 4.78 is 4.50. The van der Waals surface area contributed by atoms with Crippen LogP contribution in [0.4, 0.5) is 0 Å². The zero-order chi connectivity index (χ0) is 7.56. The van der Waals surface area contributed by atoms with Crippen LogP contribution < -0.4 is 5.32 Å². The van der Waals surface area contributed by atoms with Crippen LogP contribution in [0.25, 0.3) is 0 Å². The molecule has 10 heavy (non-hydrogen) atoms. The van der Waals surface area contributed by atoms with Gasteiger partial charge in [0.25, 0.3) is 0 Å². The van der Waals surface area contributed by atoms with Crippen molar-refractivity contribution >= 4 is 5.97 Å². The number of methoxy groups -OCH3 is 1. The van der Waals surface area contributed by atoms with E-state index in [9.17, 15) is 4.79 Å². The molecule has 0 aliphatic carbocycles. The van der Waals surface area contributed by atoms with Crippen LogP contribution in [-0.4, -0.2) is 36.9 Å². The lowest BCUT2D eigenvalue weighted by Crippen LogP contribution is -2.89. The number of rotatable bonds is 1. The molecule has 1 aliphatic heterocycles. The fourth-order valence-corrected chi connectivity index (χ4v) is 1.15. The molecule has 0 aromatic carbocycles. The molecule has 3 N–H and O–H groups in total. The molecule has 0 spiro atoms. The Balaban J connectivity index is 2.37. The molecule has 1 saturated heterocycles. The smallest absolute Gasteiger partial charge is 0.364 e. The van der Waals surface area contributed by atoms with Crippen molar-refractivity contribution in [3.8, 4) is 0 Å². The van der Waals surface area contributed by atoms with Crippen LogP contribution in [0.15, 0.2) is 0 Å². The van der Waals surface area contributed by atoms with Crippen LogP contribution in [0.2, 0.25) is 0 Å². The number of esters is 1. The summed E-state index contributed by atoms with van der Waals surface area (Å²) in [6, 6.07) is -0.181. The molecule has 4 nitrogen and oxygen atoms in total. The summed E-state index contributed by atoms with van der Waals surface area (Å²) in [6.45, 7) is 0.611. The lowest BCUT2D eigenvalue weighted by molar-refractivity contribution is -0.661. The van der Waals surface area contributed by atoms with Gasteiger partial charge >= 0.3 is 5.97 Å². The molecule has 1 aliphatic rings. The molecule has 0 aromatic heterocycles. The summed E-state index contributed by atoms with van der Waals surface area (Å²) in [7, 11) is 1.36. The van der Waals surface area contributed by atoms with E-state index in [2.05, 4.69) is 4.74 Å². The molecule has 0 saturated carbocycles. The van der Waals surface area contributed by atoms with Crippen molar-refractivity contribution in [2.24, 2.45) is 0 Å². The Morgan fingerprint density at radius 1 is 1.80 bits per heavy atom. The average molecular weight is 146 g/mol. The Morgan fingerprint density at radius 2 is 2.50 bits per heavy atom. The minimum atomic E-state index is -0.343. The minimum absolute atomic E-state index is 0.181. The van der Waals surface area contributed by atoms with Crippen LogP contribution in [-0.2, 0) is 9.53 Å². The number of aliphatic hydroxyl groups is 1. The van der Waals surface area contributed by atoms with Crippen molar-refractivity contribution in [2.45, 2.75) is 18.6 Å². The van der Waals surface area contributed by atoms with Gasteiger partial charge in [-0.3, -0.25) is 0 Å². The van der Waals surface area contributed by atoms with E-state index in [0.717, 1.165) is 0 Å². The average Bonchev–Trinajstić information content (AvgIpc) is 2.34. The Hall–Kier alpha value is -0.610. The summed E-state index contributed by atoms with van der Waals surface area (Å²) in [6.07, 6.45) is 0.177. The first-order chi connectivity index (χ1) is 4.74. The molecular formula is C6H12NO3+. The second-order valence-electron chi connectivity index (χ2n) is 2.49. The Labute approximate surface area is 59.2 Å². The highest BCUT2D eigenvalue weighted by atomic mass is 16.5. The molecule has 0 radical (unpaired) electrons. The quantitative estimate of drug-likeness (QED) is 0.415. The molecular weight excluding hydrogens is 134 g/mol. The second kappa shape index (κ2) is 2.98. The number of hydrogen-bond acceptors (Lipinski definition) is 3. The first kappa shape index (κ1) is 7.50.